The molecule has 0 aromatic heterocycles. The van der Waals surface area contributed by atoms with Gasteiger partial charge in [0.1, 0.15) is 0 Å². The molecule has 4 N–H and O–H groups in total. The predicted octanol–water partition coefficient (Wildman–Crippen LogP) is 0.394. The molecule has 0 spiro atoms. The van der Waals surface area contributed by atoms with Crippen molar-refractivity contribution in [1.82, 2.24) is 0 Å². The van der Waals surface area contributed by atoms with E-state index >= 15 is 0 Å². The van der Waals surface area contributed by atoms with Crippen LogP contribution in [0.1, 0.15) is 33.6 Å². The first-order chi connectivity index (χ1) is 6.15. The Hall–Kier alpha value is -0.610. The molecule has 14 heavy (non-hydrogen) atoms. The molecule has 1 aliphatic carbocycles. The number of methoxy groups -OCH3 is 1. The van der Waals surface area contributed by atoms with Crippen LogP contribution in [0.25, 0.3) is 0 Å². The van der Waals surface area contributed by atoms with Gasteiger partial charge in [-0.1, -0.05) is 0 Å². The number of nitrogens with two attached hydrogens (primary N) is 2. The van der Waals surface area contributed by atoms with Gasteiger partial charge >= 0.3 is 5.97 Å². The van der Waals surface area contributed by atoms with Gasteiger partial charge in [0.2, 0.25) is 0 Å². The molecule has 1 fully saturated rings. The average molecular weight is 200 g/mol. The fourth-order valence-electron chi connectivity index (χ4n) is 2.20. The summed E-state index contributed by atoms with van der Waals surface area (Å²) in [7, 11) is 1.39. The van der Waals surface area contributed by atoms with E-state index in [2.05, 4.69) is 0 Å². The van der Waals surface area contributed by atoms with Crippen LogP contribution in [0.4, 0.5) is 0 Å². The van der Waals surface area contributed by atoms with Crippen molar-refractivity contribution in [3.8, 4) is 0 Å². The van der Waals surface area contributed by atoms with Gasteiger partial charge in [0.25, 0.3) is 0 Å². The van der Waals surface area contributed by atoms with E-state index in [1.165, 1.54) is 7.11 Å². The van der Waals surface area contributed by atoms with Crippen LogP contribution in [0.15, 0.2) is 0 Å². The first-order valence-electron chi connectivity index (χ1n) is 4.81. The van der Waals surface area contributed by atoms with Gasteiger partial charge in [0.15, 0.2) is 0 Å². The van der Waals surface area contributed by atoms with Gasteiger partial charge in [-0.25, -0.2) is 0 Å². The summed E-state index contributed by atoms with van der Waals surface area (Å²) in [5.74, 6) is -0.235. The van der Waals surface area contributed by atoms with Crippen molar-refractivity contribution in [2.24, 2.45) is 16.9 Å². The summed E-state index contributed by atoms with van der Waals surface area (Å²) in [6, 6.07) is 0. The monoisotopic (exact) mass is 200 g/mol. The van der Waals surface area contributed by atoms with Crippen LogP contribution in [0.5, 0.6) is 0 Å². The van der Waals surface area contributed by atoms with Crippen LogP contribution >= 0.6 is 0 Å². The van der Waals surface area contributed by atoms with Gasteiger partial charge in [0.05, 0.1) is 12.5 Å². The maximum absolute atomic E-state index is 11.6. The van der Waals surface area contributed by atoms with Crippen molar-refractivity contribution in [2.75, 3.05) is 7.11 Å². The highest BCUT2D eigenvalue weighted by Crippen LogP contribution is 2.58. The lowest BCUT2D eigenvalue weighted by atomic mass is 9.86. The molecule has 1 saturated carbocycles. The summed E-state index contributed by atoms with van der Waals surface area (Å²) in [6.45, 7) is 5.66. The predicted molar refractivity (Wildman–Crippen MR) is 54.5 cm³/mol. The molecule has 0 aromatic carbocycles. The van der Waals surface area contributed by atoms with Gasteiger partial charge in [0, 0.05) is 11.1 Å². The van der Waals surface area contributed by atoms with Gasteiger partial charge in [-0.05, 0) is 33.6 Å². The first kappa shape index (κ1) is 11.5. The zero-order valence-corrected chi connectivity index (χ0v) is 9.39. The van der Waals surface area contributed by atoms with E-state index in [1.807, 2.05) is 20.8 Å². The molecular weight excluding hydrogens is 180 g/mol. The maximum atomic E-state index is 11.6. The van der Waals surface area contributed by atoms with Gasteiger partial charge in [-0.2, -0.15) is 0 Å². The van der Waals surface area contributed by atoms with Crippen molar-refractivity contribution < 1.29 is 9.53 Å². The third kappa shape index (κ3) is 1.77. The quantitative estimate of drug-likeness (QED) is 0.646. The summed E-state index contributed by atoms with van der Waals surface area (Å²) >= 11 is 0. The summed E-state index contributed by atoms with van der Waals surface area (Å²) in [5, 5.41) is 0. The van der Waals surface area contributed by atoms with Crippen molar-refractivity contribution in [3.05, 3.63) is 0 Å². The smallest absolute Gasteiger partial charge is 0.313 e. The molecule has 1 rings (SSSR count). The SMILES string of the molecule is COC(=O)C1(CC(C)(C)N)CC1(C)N. The molecule has 1 aliphatic rings. The minimum atomic E-state index is -0.569. The molecule has 0 heterocycles. The Balaban J connectivity index is 2.83. The second-order valence-corrected chi connectivity index (χ2v) is 5.33. The molecular formula is C10H20N2O2. The molecule has 82 valence electrons. The fraction of sp³-hybridized carbons (Fsp3) is 0.900. The van der Waals surface area contributed by atoms with E-state index < -0.39 is 16.5 Å². The van der Waals surface area contributed by atoms with Crippen LogP contribution < -0.4 is 11.5 Å². The van der Waals surface area contributed by atoms with Crippen LogP contribution in [-0.4, -0.2) is 24.2 Å². The third-order valence-electron chi connectivity index (χ3n) is 2.97. The van der Waals surface area contributed by atoms with Crippen molar-refractivity contribution in [3.63, 3.8) is 0 Å². The molecule has 0 amide bonds. The standard InChI is InChI=1S/C10H20N2O2/c1-8(2,11)5-10(7(13)14-4)6-9(10,3)12/h5-6,11-12H2,1-4H3. The number of rotatable bonds is 3. The highest BCUT2D eigenvalue weighted by Gasteiger charge is 2.68. The third-order valence-corrected chi connectivity index (χ3v) is 2.97. The van der Waals surface area contributed by atoms with Gasteiger partial charge in [-0.15, -0.1) is 0 Å². The molecule has 4 nitrogen and oxygen atoms in total. The summed E-state index contributed by atoms with van der Waals surface area (Å²) in [5.41, 5.74) is 10.5. The lowest BCUT2D eigenvalue weighted by Crippen LogP contribution is -2.43. The van der Waals surface area contributed by atoms with Crippen molar-refractivity contribution in [2.45, 2.75) is 44.7 Å². The van der Waals surface area contributed by atoms with E-state index in [0.29, 0.717) is 12.8 Å². The number of hydrogen-bond acceptors (Lipinski definition) is 4. The Labute approximate surface area is 85.0 Å². The largest absolute Gasteiger partial charge is 0.469 e. The average Bonchev–Trinajstić information content (AvgIpc) is 2.49. The Morgan fingerprint density at radius 2 is 2.00 bits per heavy atom. The number of ether oxygens (including phenoxy) is 1. The number of carbonyl (C=O) groups excluding carboxylic acids is 1. The summed E-state index contributed by atoms with van der Waals surface area (Å²) < 4.78 is 4.78. The topological polar surface area (TPSA) is 78.3 Å². The minimum absolute atomic E-state index is 0.235. The van der Waals surface area contributed by atoms with Crippen LogP contribution in [0.2, 0.25) is 0 Å². The number of hydrogen-bond donors (Lipinski definition) is 2. The Bertz CT molecular complexity index is 255. The molecule has 4 heteroatoms. The molecule has 0 saturated heterocycles. The fourth-order valence-corrected chi connectivity index (χ4v) is 2.20. The highest BCUT2D eigenvalue weighted by atomic mass is 16.5. The molecule has 2 atom stereocenters. The normalized spacial score (nSPS) is 36.7. The zero-order valence-electron chi connectivity index (χ0n) is 9.39. The van der Waals surface area contributed by atoms with E-state index in [4.69, 9.17) is 16.2 Å². The molecule has 0 radical (unpaired) electrons. The van der Waals surface area contributed by atoms with Gasteiger partial charge < -0.3 is 16.2 Å². The van der Waals surface area contributed by atoms with E-state index in [-0.39, 0.29) is 5.97 Å². The summed E-state index contributed by atoms with van der Waals surface area (Å²) in [6.07, 6.45) is 1.23. The molecule has 0 aliphatic heterocycles. The van der Waals surface area contributed by atoms with E-state index in [9.17, 15) is 4.79 Å². The number of esters is 1. The van der Waals surface area contributed by atoms with Crippen molar-refractivity contribution >= 4 is 5.97 Å². The zero-order chi connectivity index (χ0) is 11.2. The van der Waals surface area contributed by atoms with E-state index in [0.717, 1.165) is 0 Å². The lowest BCUT2D eigenvalue weighted by molar-refractivity contribution is -0.148. The first-order valence-corrected chi connectivity index (χ1v) is 4.81. The molecule has 0 aromatic rings. The summed E-state index contributed by atoms with van der Waals surface area (Å²) in [4.78, 5) is 11.6. The molecule has 0 bridgehead atoms. The second-order valence-electron chi connectivity index (χ2n) is 5.33. The van der Waals surface area contributed by atoms with Crippen LogP contribution in [0.3, 0.4) is 0 Å². The van der Waals surface area contributed by atoms with Crippen molar-refractivity contribution in [1.29, 1.82) is 0 Å². The molecule has 2 unspecified atom stereocenters. The Morgan fingerprint density at radius 1 is 1.57 bits per heavy atom. The second kappa shape index (κ2) is 2.94. The van der Waals surface area contributed by atoms with Crippen LogP contribution in [0, 0.1) is 5.41 Å². The highest BCUT2D eigenvalue weighted by molar-refractivity contribution is 5.83. The van der Waals surface area contributed by atoms with E-state index in [1.54, 1.807) is 0 Å². The Morgan fingerprint density at radius 3 is 2.21 bits per heavy atom. The van der Waals surface area contributed by atoms with Crippen LogP contribution in [-0.2, 0) is 9.53 Å². The maximum Gasteiger partial charge on any atom is 0.313 e. The minimum Gasteiger partial charge on any atom is -0.469 e. The lowest BCUT2D eigenvalue weighted by Gasteiger charge is -2.26. The van der Waals surface area contributed by atoms with Gasteiger partial charge in [-0.3, -0.25) is 4.79 Å². The Kier molecular flexibility index (Phi) is 2.41. The number of carbonyl (C=O) groups is 1.